The van der Waals surface area contributed by atoms with Gasteiger partial charge >= 0.3 is 0 Å². The lowest BCUT2D eigenvalue weighted by Crippen LogP contribution is -2.55. The van der Waals surface area contributed by atoms with Crippen molar-refractivity contribution in [2.75, 3.05) is 13.7 Å². The highest BCUT2D eigenvalue weighted by molar-refractivity contribution is 5.82. The number of rotatable bonds is 5. The lowest BCUT2D eigenvalue weighted by atomic mass is 9.78. The highest BCUT2D eigenvalue weighted by Gasteiger charge is 2.34. The van der Waals surface area contributed by atoms with Gasteiger partial charge in [-0.15, -0.1) is 0 Å². The van der Waals surface area contributed by atoms with Gasteiger partial charge in [0.15, 0.2) is 0 Å². The molecule has 1 atom stereocenters. The van der Waals surface area contributed by atoms with Crippen molar-refractivity contribution >= 4 is 5.91 Å². The summed E-state index contributed by atoms with van der Waals surface area (Å²) in [5.41, 5.74) is 5.70. The van der Waals surface area contributed by atoms with Gasteiger partial charge in [0.05, 0.1) is 6.04 Å². The Morgan fingerprint density at radius 2 is 2.29 bits per heavy atom. The Morgan fingerprint density at radius 3 is 2.71 bits per heavy atom. The Bertz CT molecular complexity index is 202. The molecule has 1 amide bonds. The van der Waals surface area contributed by atoms with Crippen molar-refractivity contribution in [2.24, 2.45) is 5.73 Å². The molecule has 0 bridgehead atoms. The topological polar surface area (TPSA) is 64.3 Å². The quantitative estimate of drug-likeness (QED) is 0.675. The monoisotopic (exact) mass is 200 g/mol. The first kappa shape index (κ1) is 11.5. The van der Waals surface area contributed by atoms with Crippen molar-refractivity contribution < 1.29 is 9.53 Å². The number of hydrogen-bond acceptors (Lipinski definition) is 3. The summed E-state index contributed by atoms with van der Waals surface area (Å²) >= 11 is 0. The predicted octanol–water partition coefficient (Wildman–Crippen LogP) is 0.409. The van der Waals surface area contributed by atoms with Gasteiger partial charge in [-0.3, -0.25) is 4.79 Å². The van der Waals surface area contributed by atoms with E-state index >= 15 is 0 Å². The van der Waals surface area contributed by atoms with Gasteiger partial charge < -0.3 is 15.8 Å². The van der Waals surface area contributed by atoms with Gasteiger partial charge in [-0.05, 0) is 32.6 Å². The summed E-state index contributed by atoms with van der Waals surface area (Å²) in [7, 11) is 1.61. The van der Waals surface area contributed by atoms with Crippen molar-refractivity contribution in [1.29, 1.82) is 0 Å². The number of amides is 1. The van der Waals surface area contributed by atoms with Crippen LogP contribution >= 0.6 is 0 Å². The number of carbonyl (C=O) groups excluding carboxylic acids is 1. The van der Waals surface area contributed by atoms with E-state index in [1.54, 1.807) is 7.11 Å². The first-order valence-corrected chi connectivity index (χ1v) is 5.14. The highest BCUT2D eigenvalue weighted by Crippen LogP contribution is 2.30. The molecule has 4 heteroatoms. The number of nitrogens with two attached hydrogens (primary N) is 1. The van der Waals surface area contributed by atoms with E-state index in [9.17, 15) is 4.79 Å². The lowest BCUT2D eigenvalue weighted by Gasteiger charge is -2.39. The molecule has 0 aliphatic heterocycles. The Hall–Kier alpha value is -0.610. The van der Waals surface area contributed by atoms with Crippen LogP contribution in [-0.2, 0) is 9.53 Å². The smallest absolute Gasteiger partial charge is 0.237 e. The molecule has 0 heterocycles. The number of ether oxygens (including phenoxy) is 1. The van der Waals surface area contributed by atoms with Crippen LogP contribution in [0.5, 0.6) is 0 Å². The molecule has 1 rings (SSSR count). The maximum atomic E-state index is 11.6. The van der Waals surface area contributed by atoms with E-state index in [0.717, 1.165) is 12.8 Å². The molecule has 1 aliphatic carbocycles. The van der Waals surface area contributed by atoms with Crippen LogP contribution in [0.1, 0.15) is 32.6 Å². The third-order valence-corrected chi connectivity index (χ3v) is 2.85. The first-order valence-electron chi connectivity index (χ1n) is 5.14. The molecule has 1 fully saturated rings. The second kappa shape index (κ2) is 4.75. The summed E-state index contributed by atoms with van der Waals surface area (Å²) in [6.07, 6.45) is 3.91. The fourth-order valence-electron chi connectivity index (χ4n) is 1.60. The van der Waals surface area contributed by atoms with Crippen LogP contribution in [0.15, 0.2) is 0 Å². The zero-order valence-corrected chi connectivity index (χ0v) is 9.01. The van der Waals surface area contributed by atoms with Gasteiger partial charge in [-0.25, -0.2) is 0 Å². The van der Waals surface area contributed by atoms with Crippen LogP contribution in [0.25, 0.3) is 0 Å². The minimum Gasteiger partial charge on any atom is -0.385 e. The fourth-order valence-corrected chi connectivity index (χ4v) is 1.60. The first-order chi connectivity index (χ1) is 6.57. The van der Waals surface area contributed by atoms with E-state index in [2.05, 4.69) is 12.2 Å². The number of carbonyl (C=O) groups is 1. The Labute approximate surface area is 85.2 Å². The Kier molecular flexibility index (Phi) is 3.89. The SMILES string of the molecule is COCCC(N)C(=O)NC1(C)CCC1. The van der Waals surface area contributed by atoms with Crippen LogP contribution in [0, 0.1) is 0 Å². The third kappa shape index (κ3) is 2.96. The van der Waals surface area contributed by atoms with Gasteiger partial charge in [-0.1, -0.05) is 0 Å². The molecular weight excluding hydrogens is 180 g/mol. The molecule has 0 aromatic heterocycles. The molecule has 1 unspecified atom stereocenters. The van der Waals surface area contributed by atoms with Crippen LogP contribution < -0.4 is 11.1 Å². The number of nitrogens with one attached hydrogen (secondary N) is 1. The molecule has 14 heavy (non-hydrogen) atoms. The molecule has 0 saturated heterocycles. The minimum atomic E-state index is -0.438. The summed E-state index contributed by atoms with van der Waals surface area (Å²) in [5.74, 6) is -0.0516. The molecule has 0 radical (unpaired) electrons. The van der Waals surface area contributed by atoms with Crippen LogP contribution in [0.4, 0.5) is 0 Å². The maximum absolute atomic E-state index is 11.6. The summed E-state index contributed by atoms with van der Waals surface area (Å²) < 4.78 is 4.87. The second-order valence-electron chi connectivity index (χ2n) is 4.29. The summed E-state index contributed by atoms with van der Waals surface area (Å²) in [6, 6.07) is -0.438. The molecular formula is C10H20N2O2. The number of methoxy groups -OCH3 is 1. The molecule has 1 aliphatic rings. The minimum absolute atomic E-state index is 0.00176. The van der Waals surface area contributed by atoms with Gasteiger partial charge in [-0.2, -0.15) is 0 Å². The Balaban J connectivity index is 2.26. The van der Waals surface area contributed by atoms with Crippen LogP contribution in [0.2, 0.25) is 0 Å². The normalized spacial score (nSPS) is 21.1. The highest BCUT2D eigenvalue weighted by atomic mass is 16.5. The lowest BCUT2D eigenvalue weighted by molar-refractivity contribution is -0.125. The predicted molar refractivity (Wildman–Crippen MR) is 54.9 cm³/mol. The standard InChI is InChI=1S/C10H20N2O2/c1-10(5-3-6-10)12-9(13)8(11)4-7-14-2/h8H,3-7,11H2,1-2H3,(H,12,13). The molecule has 0 spiro atoms. The summed E-state index contributed by atoms with van der Waals surface area (Å²) in [6.45, 7) is 2.60. The zero-order chi connectivity index (χ0) is 10.6. The van der Waals surface area contributed by atoms with Crippen molar-refractivity contribution in [3.63, 3.8) is 0 Å². The Morgan fingerprint density at radius 1 is 1.64 bits per heavy atom. The zero-order valence-electron chi connectivity index (χ0n) is 9.01. The van der Waals surface area contributed by atoms with Gasteiger partial charge in [0.1, 0.15) is 0 Å². The van der Waals surface area contributed by atoms with Crippen molar-refractivity contribution in [3.05, 3.63) is 0 Å². The van der Waals surface area contributed by atoms with Crippen LogP contribution in [0.3, 0.4) is 0 Å². The van der Waals surface area contributed by atoms with Gasteiger partial charge in [0, 0.05) is 19.3 Å². The fraction of sp³-hybridized carbons (Fsp3) is 0.900. The average Bonchev–Trinajstić information content (AvgIpc) is 2.11. The van der Waals surface area contributed by atoms with Gasteiger partial charge in [0.25, 0.3) is 0 Å². The van der Waals surface area contributed by atoms with E-state index in [4.69, 9.17) is 10.5 Å². The van der Waals surface area contributed by atoms with Crippen molar-refractivity contribution in [1.82, 2.24) is 5.32 Å². The molecule has 1 saturated carbocycles. The summed E-state index contributed by atoms with van der Waals surface area (Å²) in [5, 5.41) is 2.98. The van der Waals surface area contributed by atoms with Crippen molar-refractivity contribution in [3.8, 4) is 0 Å². The van der Waals surface area contributed by atoms with E-state index in [1.165, 1.54) is 6.42 Å². The molecule has 82 valence electrons. The summed E-state index contributed by atoms with van der Waals surface area (Å²) in [4.78, 5) is 11.6. The molecule has 3 N–H and O–H groups in total. The molecule has 0 aromatic carbocycles. The molecule has 0 aromatic rings. The molecule has 4 nitrogen and oxygen atoms in total. The number of hydrogen-bond donors (Lipinski definition) is 2. The van der Waals surface area contributed by atoms with Crippen LogP contribution in [-0.4, -0.2) is 31.2 Å². The van der Waals surface area contributed by atoms with E-state index in [-0.39, 0.29) is 11.4 Å². The van der Waals surface area contributed by atoms with E-state index < -0.39 is 6.04 Å². The van der Waals surface area contributed by atoms with E-state index in [0.29, 0.717) is 13.0 Å². The second-order valence-corrected chi connectivity index (χ2v) is 4.29. The maximum Gasteiger partial charge on any atom is 0.237 e. The largest absolute Gasteiger partial charge is 0.385 e. The average molecular weight is 200 g/mol. The van der Waals surface area contributed by atoms with Gasteiger partial charge in [0.2, 0.25) is 5.91 Å². The third-order valence-electron chi connectivity index (χ3n) is 2.85. The van der Waals surface area contributed by atoms with Crippen molar-refractivity contribution in [2.45, 2.75) is 44.2 Å². The van der Waals surface area contributed by atoms with E-state index in [1.807, 2.05) is 0 Å².